The Hall–Kier alpha value is -1.70. The van der Waals surface area contributed by atoms with Crippen LogP contribution in [0.4, 0.5) is 5.69 Å². The van der Waals surface area contributed by atoms with E-state index < -0.39 is 23.3 Å². The fourth-order valence-electron chi connectivity index (χ4n) is 2.45. The Morgan fingerprint density at radius 3 is 1.88 bits per heavy atom. The molecule has 2 N–H and O–H groups in total. The third-order valence-corrected chi connectivity index (χ3v) is 4.91. The Morgan fingerprint density at radius 1 is 1.04 bits per heavy atom. The number of aliphatic carboxylic acids is 1. The van der Waals surface area contributed by atoms with Crippen molar-refractivity contribution in [2.24, 2.45) is 5.92 Å². The highest BCUT2D eigenvalue weighted by molar-refractivity contribution is 9.10. The summed E-state index contributed by atoms with van der Waals surface area (Å²) in [5.41, 5.74) is 2.32. The highest BCUT2D eigenvalue weighted by atomic mass is 79.9. The van der Waals surface area contributed by atoms with Crippen LogP contribution in [0, 0.1) is 5.92 Å². The molecule has 2 atom stereocenters. The van der Waals surface area contributed by atoms with Crippen LogP contribution in [0.5, 0.6) is 0 Å². The second-order valence-electron chi connectivity index (χ2n) is 5.64. The van der Waals surface area contributed by atoms with Crippen molar-refractivity contribution in [2.75, 3.05) is 4.31 Å². The molecule has 0 spiro atoms. The summed E-state index contributed by atoms with van der Waals surface area (Å²) < 4.78 is 23.3. The predicted octanol–water partition coefficient (Wildman–Crippen LogP) is 4.17. The molecular weight excluding hydrogens is 394 g/mol. The van der Waals surface area contributed by atoms with Crippen molar-refractivity contribution in [3.8, 4) is 11.1 Å². The van der Waals surface area contributed by atoms with E-state index in [9.17, 15) is 18.7 Å². The number of hydrogen-bond acceptors (Lipinski definition) is 2. The van der Waals surface area contributed by atoms with Crippen LogP contribution >= 0.6 is 15.9 Å². The van der Waals surface area contributed by atoms with E-state index in [1.54, 1.807) is 38.1 Å². The molecule has 0 amide bonds. The average molecular weight is 412 g/mol. The van der Waals surface area contributed by atoms with Gasteiger partial charge in [-0.3, -0.25) is 8.86 Å². The Morgan fingerprint density at radius 2 is 1.50 bits per heavy atom. The zero-order valence-corrected chi connectivity index (χ0v) is 15.6. The number of carboxylic acids is 1. The fraction of sp³-hybridized carbons (Fsp3) is 0.235. The standard InChI is InChI=1S/C17H18BrNO4S/c1-11(2)16(17(20)21)19(24(22)23)15-9-5-13(6-10-15)12-3-7-14(18)8-4-12/h3-11,16H,1-2H3,(H,20,21)(H,22,23). The fourth-order valence-corrected chi connectivity index (χ4v) is 3.54. The highest BCUT2D eigenvalue weighted by Crippen LogP contribution is 2.27. The first-order valence-corrected chi connectivity index (χ1v) is 9.16. The zero-order valence-electron chi connectivity index (χ0n) is 13.2. The van der Waals surface area contributed by atoms with Crippen molar-refractivity contribution < 1.29 is 18.7 Å². The molecule has 0 aliphatic rings. The SMILES string of the molecule is CC(C)C(C(=O)O)N(c1ccc(-c2ccc(Br)cc2)cc1)S(=O)O. The number of rotatable bonds is 6. The normalized spacial score (nSPS) is 13.5. The van der Waals surface area contributed by atoms with Gasteiger partial charge in [-0.15, -0.1) is 0 Å². The molecule has 7 heteroatoms. The van der Waals surface area contributed by atoms with E-state index in [2.05, 4.69) is 15.9 Å². The Balaban J connectivity index is 2.37. The van der Waals surface area contributed by atoms with E-state index in [1.165, 1.54) is 0 Å². The van der Waals surface area contributed by atoms with Crippen molar-refractivity contribution in [2.45, 2.75) is 19.9 Å². The molecule has 2 unspecified atom stereocenters. The molecule has 0 aliphatic heterocycles. The number of anilines is 1. The van der Waals surface area contributed by atoms with Crippen LogP contribution in [0.1, 0.15) is 13.8 Å². The number of carbonyl (C=O) groups is 1. The Labute approximate surface area is 151 Å². The maximum Gasteiger partial charge on any atom is 0.327 e. The summed E-state index contributed by atoms with van der Waals surface area (Å²) in [6.45, 7) is 3.41. The van der Waals surface area contributed by atoms with Crippen LogP contribution in [0.3, 0.4) is 0 Å². The van der Waals surface area contributed by atoms with Gasteiger partial charge in [0.25, 0.3) is 11.3 Å². The first-order chi connectivity index (χ1) is 11.3. The van der Waals surface area contributed by atoms with E-state index in [1.807, 2.05) is 24.3 Å². The molecule has 128 valence electrons. The number of hydrogen-bond donors (Lipinski definition) is 2. The lowest BCUT2D eigenvalue weighted by molar-refractivity contribution is -0.139. The van der Waals surface area contributed by atoms with Gasteiger partial charge in [0.15, 0.2) is 0 Å². The summed E-state index contributed by atoms with van der Waals surface area (Å²) in [7, 11) is 0. The van der Waals surface area contributed by atoms with Crippen LogP contribution in [0.25, 0.3) is 11.1 Å². The third-order valence-electron chi connectivity index (χ3n) is 3.60. The van der Waals surface area contributed by atoms with Gasteiger partial charge in [0, 0.05) is 4.47 Å². The molecule has 2 rings (SSSR count). The summed E-state index contributed by atoms with van der Waals surface area (Å²) in [5.74, 6) is -1.46. The zero-order chi connectivity index (χ0) is 17.9. The smallest absolute Gasteiger partial charge is 0.327 e. The minimum Gasteiger partial charge on any atom is -0.480 e. The van der Waals surface area contributed by atoms with Gasteiger partial charge in [-0.2, -0.15) is 0 Å². The van der Waals surface area contributed by atoms with Crippen LogP contribution in [0.15, 0.2) is 53.0 Å². The lowest BCUT2D eigenvalue weighted by Crippen LogP contribution is -2.45. The van der Waals surface area contributed by atoms with E-state index in [0.29, 0.717) is 5.69 Å². The van der Waals surface area contributed by atoms with Gasteiger partial charge in [-0.25, -0.2) is 9.00 Å². The minimum absolute atomic E-state index is 0.329. The molecule has 0 aliphatic carbocycles. The topological polar surface area (TPSA) is 77.8 Å². The van der Waals surface area contributed by atoms with E-state index in [0.717, 1.165) is 19.9 Å². The summed E-state index contributed by atoms with van der Waals surface area (Å²) in [5, 5.41) is 9.39. The van der Waals surface area contributed by atoms with Crippen molar-refractivity contribution in [1.82, 2.24) is 0 Å². The molecule has 0 fully saturated rings. The molecule has 0 bridgehead atoms. The van der Waals surface area contributed by atoms with Crippen molar-refractivity contribution >= 4 is 38.9 Å². The first-order valence-electron chi connectivity index (χ1n) is 7.30. The van der Waals surface area contributed by atoms with E-state index in [-0.39, 0.29) is 5.92 Å². The summed E-state index contributed by atoms with van der Waals surface area (Å²) in [6.07, 6.45) is 0. The van der Waals surface area contributed by atoms with E-state index >= 15 is 0 Å². The number of carboxylic acid groups (broad SMARTS) is 1. The molecule has 0 aromatic heterocycles. The molecule has 0 radical (unpaired) electrons. The van der Waals surface area contributed by atoms with Gasteiger partial charge in [-0.1, -0.05) is 54.0 Å². The van der Waals surface area contributed by atoms with Crippen molar-refractivity contribution in [1.29, 1.82) is 0 Å². The van der Waals surface area contributed by atoms with Crippen LogP contribution in [-0.2, 0) is 16.1 Å². The lowest BCUT2D eigenvalue weighted by atomic mass is 10.0. The predicted molar refractivity (Wildman–Crippen MR) is 99.1 cm³/mol. The molecule has 0 saturated heterocycles. The third kappa shape index (κ3) is 4.23. The summed E-state index contributed by atoms with van der Waals surface area (Å²) in [4.78, 5) is 11.5. The monoisotopic (exact) mass is 411 g/mol. The molecule has 0 heterocycles. The Kier molecular flexibility index (Phi) is 6.15. The van der Waals surface area contributed by atoms with Crippen LogP contribution < -0.4 is 4.31 Å². The van der Waals surface area contributed by atoms with Gasteiger partial charge in [0.05, 0.1) is 5.69 Å². The van der Waals surface area contributed by atoms with Crippen molar-refractivity contribution in [3.63, 3.8) is 0 Å². The second-order valence-corrected chi connectivity index (χ2v) is 7.41. The first kappa shape index (κ1) is 18.6. The lowest BCUT2D eigenvalue weighted by Gasteiger charge is -2.29. The number of nitrogens with zero attached hydrogens (tertiary/aromatic N) is 1. The maximum absolute atomic E-state index is 11.7. The van der Waals surface area contributed by atoms with E-state index in [4.69, 9.17) is 0 Å². The summed E-state index contributed by atoms with van der Waals surface area (Å²) >= 11 is 0.950. The number of benzene rings is 2. The van der Waals surface area contributed by atoms with Gasteiger partial charge >= 0.3 is 5.97 Å². The molecule has 2 aromatic carbocycles. The largest absolute Gasteiger partial charge is 0.480 e. The van der Waals surface area contributed by atoms with Crippen LogP contribution in [-0.4, -0.2) is 25.9 Å². The molecule has 5 nitrogen and oxygen atoms in total. The molecule has 24 heavy (non-hydrogen) atoms. The average Bonchev–Trinajstić information content (AvgIpc) is 2.52. The second kappa shape index (κ2) is 7.92. The van der Waals surface area contributed by atoms with Gasteiger partial charge in [-0.05, 0) is 41.3 Å². The van der Waals surface area contributed by atoms with Crippen molar-refractivity contribution in [3.05, 3.63) is 53.0 Å². The van der Waals surface area contributed by atoms with Gasteiger partial charge < -0.3 is 5.11 Å². The maximum atomic E-state index is 11.7. The molecular formula is C17H18BrNO4S. The highest BCUT2D eigenvalue weighted by Gasteiger charge is 2.32. The van der Waals surface area contributed by atoms with Gasteiger partial charge in [0.1, 0.15) is 6.04 Å². The molecule has 2 aromatic rings. The van der Waals surface area contributed by atoms with Gasteiger partial charge in [0.2, 0.25) is 0 Å². The quantitative estimate of drug-likeness (QED) is 0.699. The molecule has 0 saturated carbocycles. The Bertz CT molecular complexity index is 731. The summed E-state index contributed by atoms with van der Waals surface area (Å²) in [6, 6.07) is 13.6. The minimum atomic E-state index is -2.43. The van der Waals surface area contributed by atoms with Crippen LogP contribution in [0.2, 0.25) is 0 Å². The number of halogens is 1.